The van der Waals surface area contributed by atoms with E-state index in [2.05, 4.69) is 28.6 Å². The minimum Gasteiger partial charge on any atom is -0.497 e. The number of anilines is 2. The Labute approximate surface area is 171 Å². The van der Waals surface area contributed by atoms with Crippen molar-refractivity contribution in [2.45, 2.75) is 19.9 Å². The summed E-state index contributed by atoms with van der Waals surface area (Å²) in [6.07, 6.45) is 7.79. The summed E-state index contributed by atoms with van der Waals surface area (Å²) in [6, 6.07) is 15.7. The number of hydrogen-bond acceptors (Lipinski definition) is 4. The lowest BCUT2D eigenvalue weighted by Crippen LogP contribution is -2.14. The molecule has 0 aliphatic carbocycles. The first-order valence-corrected chi connectivity index (χ1v) is 9.53. The van der Waals surface area contributed by atoms with Crippen molar-refractivity contribution in [2.75, 3.05) is 24.3 Å². The molecule has 6 nitrogen and oxygen atoms in total. The van der Waals surface area contributed by atoms with Gasteiger partial charge in [-0.15, -0.1) is 0 Å². The van der Waals surface area contributed by atoms with Crippen molar-refractivity contribution in [1.29, 1.82) is 0 Å². The van der Waals surface area contributed by atoms with E-state index in [1.54, 1.807) is 19.6 Å². The molecule has 29 heavy (non-hydrogen) atoms. The zero-order valence-electron chi connectivity index (χ0n) is 16.8. The van der Waals surface area contributed by atoms with E-state index in [0.29, 0.717) is 19.5 Å². The van der Waals surface area contributed by atoms with Gasteiger partial charge in [-0.2, -0.15) is 0 Å². The van der Waals surface area contributed by atoms with Crippen LogP contribution in [0.2, 0.25) is 0 Å². The summed E-state index contributed by atoms with van der Waals surface area (Å²) in [7, 11) is 1.66. The molecule has 2 N–H and O–H groups in total. The van der Waals surface area contributed by atoms with Gasteiger partial charge in [0.1, 0.15) is 5.75 Å². The number of carbonyl (C=O) groups is 1. The van der Waals surface area contributed by atoms with Crippen LogP contribution in [0.1, 0.15) is 18.9 Å². The van der Waals surface area contributed by atoms with Crippen LogP contribution in [0.3, 0.4) is 0 Å². The number of aryl methyl sites for hydroxylation is 1. The first kappa shape index (κ1) is 20.2. The Bertz CT molecular complexity index is 947. The predicted molar refractivity (Wildman–Crippen MR) is 117 cm³/mol. The predicted octanol–water partition coefficient (Wildman–Crippen LogP) is 4.44. The van der Waals surface area contributed by atoms with E-state index >= 15 is 0 Å². The number of amides is 1. The zero-order valence-corrected chi connectivity index (χ0v) is 16.8. The lowest BCUT2D eigenvalue weighted by molar-refractivity contribution is -0.116. The molecular formula is C23H26N4O2. The zero-order chi connectivity index (χ0) is 20.5. The van der Waals surface area contributed by atoms with Gasteiger partial charge in [-0.05, 0) is 42.8 Å². The molecule has 1 aromatic heterocycles. The smallest absolute Gasteiger partial charge is 0.226 e. The van der Waals surface area contributed by atoms with Gasteiger partial charge < -0.3 is 19.9 Å². The minimum absolute atomic E-state index is 0.0218. The quantitative estimate of drug-likeness (QED) is 0.567. The first-order valence-electron chi connectivity index (χ1n) is 9.53. The van der Waals surface area contributed by atoms with Crippen LogP contribution in [0.25, 0.3) is 6.08 Å². The normalized spacial score (nSPS) is 11.2. The number of nitrogens with one attached hydrogen (secondary N) is 2. The van der Waals surface area contributed by atoms with E-state index in [-0.39, 0.29) is 5.91 Å². The molecule has 150 valence electrons. The minimum atomic E-state index is -0.0218. The number of carbonyl (C=O) groups excluding carboxylic acids is 1. The molecule has 0 aliphatic rings. The Morgan fingerprint density at radius 3 is 2.69 bits per heavy atom. The van der Waals surface area contributed by atoms with Crippen molar-refractivity contribution in [3.05, 3.63) is 78.4 Å². The van der Waals surface area contributed by atoms with E-state index < -0.39 is 0 Å². The molecule has 0 spiro atoms. The summed E-state index contributed by atoms with van der Waals surface area (Å²) in [5.74, 6) is 0.827. The molecule has 2 aromatic carbocycles. The molecule has 3 aromatic rings. The highest BCUT2D eigenvalue weighted by Gasteiger charge is 2.04. The molecule has 0 radical (unpaired) electrons. The Kier molecular flexibility index (Phi) is 7.05. The lowest BCUT2D eigenvalue weighted by Gasteiger charge is -2.10. The van der Waals surface area contributed by atoms with Gasteiger partial charge in [0.25, 0.3) is 0 Å². The summed E-state index contributed by atoms with van der Waals surface area (Å²) < 4.78 is 7.07. The van der Waals surface area contributed by atoms with Gasteiger partial charge in [-0.3, -0.25) is 4.79 Å². The van der Waals surface area contributed by atoms with Gasteiger partial charge in [-0.1, -0.05) is 29.8 Å². The Balaban J connectivity index is 1.50. The fourth-order valence-electron chi connectivity index (χ4n) is 2.86. The molecule has 0 unspecified atom stereocenters. The van der Waals surface area contributed by atoms with Gasteiger partial charge in [0.15, 0.2) is 0 Å². The van der Waals surface area contributed by atoms with Gasteiger partial charge in [0.05, 0.1) is 13.4 Å². The molecule has 1 amide bonds. The molecule has 1 heterocycles. The largest absolute Gasteiger partial charge is 0.497 e. The van der Waals surface area contributed by atoms with Crippen LogP contribution in [-0.4, -0.2) is 29.1 Å². The monoisotopic (exact) mass is 390 g/mol. The maximum absolute atomic E-state index is 12.2. The van der Waals surface area contributed by atoms with Gasteiger partial charge >= 0.3 is 0 Å². The van der Waals surface area contributed by atoms with Crippen LogP contribution in [0.15, 0.2) is 72.8 Å². The third-order valence-corrected chi connectivity index (χ3v) is 4.40. The van der Waals surface area contributed by atoms with Crippen LogP contribution in [0.4, 0.5) is 11.4 Å². The summed E-state index contributed by atoms with van der Waals surface area (Å²) in [5, 5.41) is 6.34. The number of benzene rings is 2. The van der Waals surface area contributed by atoms with E-state index in [4.69, 9.17) is 4.74 Å². The van der Waals surface area contributed by atoms with Crippen LogP contribution in [-0.2, 0) is 11.3 Å². The maximum atomic E-state index is 12.2. The molecule has 0 bridgehead atoms. The maximum Gasteiger partial charge on any atom is 0.226 e. The topological polar surface area (TPSA) is 68.2 Å². The van der Waals surface area contributed by atoms with Crippen molar-refractivity contribution in [3.63, 3.8) is 0 Å². The molecular weight excluding hydrogens is 364 g/mol. The van der Waals surface area contributed by atoms with Crippen LogP contribution >= 0.6 is 0 Å². The fraction of sp³-hybridized carbons (Fsp3) is 0.217. The first-order chi connectivity index (χ1) is 14.1. The number of methoxy groups -OCH3 is 1. The second-order valence-electron chi connectivity index (χ2n) is 6.80. The molecule has 0 aliphatic heterocycles. The molecule has 0 saturated heterocycles. The number of aromatic nitrogens is 2. The second-order valence-corrected chi connectivity index (χ2v) is 6.80. The van der Waals surface area contributed by atoms with Crippen molar-refractivity contribution in [2.24, 2.45) is 0 Å². The number of ether oxygens (including phenoxy) is 1. The summed E-state index contributed by atoms with van der Waals surface area (Å²) in [4.78, 5) is 16.1. The van der Waals surface area contributed by atoms with Crippen LogP contribution in [0.5, 0.6) is 5.75 Å². The van der Waals surface area contributed by atoms with Gasteiger partial charge in [-0.25, -0.2) is 4.98 Å². The van der Waals surface area contributed by atoms with E-state index in [0.717, 1.165) is 22.7 Å². The molecule has 0 saturated carbocycles. The van der Waals surface area contributed by atoms with Crippen molar-refractivity contribution in [3.8, 4) is 5.75 Å². The van der Waals surface area contributed by atoms with E-state index in [1.165, 1.54) is 5.57 Å². The van der Waals surface area contributed by atoms with Crippen molar-refractivity contribution in [1.82, 2.24) is 9.55 Å². The lowest BCUT2D eigenvalue weighted by atomic mass is 10.1. The van der Waals surface area contributed by atoms with Gasteiger partial charge in [0, 0.05) is 43.3 Å². The Morgan fingerprint density at radius 1 is 1.17 bits per heavy atom. The summed E-state index contributed by atoms with van der Waals surface area (Å²) in [5.41, 5.74) is 4.07. The fourth-order valence-corrected chi connectivity index (χ4v) is 2.86. The van der Waals surface area contributed by atoms with Crippen LogP contribution in [0, 0.1) is 0 Å². The van der Waals surface area contributed by atoms with Crippen molar-refractivity contribution < 1.29 is 9.53 Å². The average Bonchev–Trinajstić information content (AvgIpc) is 3.25. The molecule has 6 heteroatoms. The Morgan fingerprint density at radius 2 is 1.97 bits per heavy atom. The second kappa shape index (κ2) is 10.1. The molecule has 0 atom stereocenters. The number of imidazole rings is 1. The number of nitrogens with zero attached hydrogens (tertiary/aromatic N) is 2. The van der Waals surface area contributed by atoms with Crippen molar-refractivity contribution >= 4 is 23.4 Å². The molecule has 0 fully saturated rings. The number of rotatable bonds is 9. The average molecular weight is 390 g/mol. The highest BCUT2D eigenvalue weighted by Crippen LogP contribution is 2.17. The van der Waals surface area contributed by atoms with E-state index in [1.807, 2.05) is 59.3 Å². The third-order valence-electron chi connectivity index (χ3n) is 4.40. The SMILES string of the molecule is COc1ccc(/C=C(\C)CNc2cccc(NC(=O)CCn3ccnc3)c2)cc1. The highest BCUT2D eigenvalue weighted by molar-refractivity contribution is 5.91. The summed E-state index contributed by atoms with van der Waals surface area (Å²) in [6.45, 7) is 3.40. The van der Waals surface area contributed by atoms with Gasteiger partial charge in [0.2, 0.25) is 5.91 Å². The molecule has 3 rings (SSSR count). The van der Waals surface area contributed by atoms with Crippen LogP contribution < -0.4 is 15.4 Å². The Hall–Kier alpha value is -3.54. The number of hydrogen-bond donors (Lipinski definition) is 2. The standard InChI is InChI=1S/C23H26N4O2/c1-18(14-19-6-8-22(29-2)9-7-19)16-25-20-4-3-5-21(15-20)26-23(28)10-12-27-13-11-24-17-27/h3-9,11,13-15,17,25H,10,12,16H2,1-2H3,(H,26,28)/b18-14+. The van der Waals surface area contributed by atoms with E-state index in [9.17, 15) is 4.79 Å². The summed E-state index contributed by atoms with van der Waals surface area (Å²) >= 11 is 0. The third kappa shape index (κ3) is 6.53. The highest BCUT2D eigenvalue weighted by atomic mass is 16.5.